The van der Waals surface area contributed by atoms with E-state index in [4.69, 9.17) is 5.73 Å². The summed E-state index contributed by atoms with van der Waals surface area (Å²) in [6, 6.07) is 5.54. The molecule has 0 saturated carbocycles. The summed E-state index contributed by atoms with van der Waals surface area (Å²) in [6.07, 6.45) is -0.0907. The van der Waals surface area contributed by atoms with E-state index in [2.05, 4.69) is 0 Å². The van der Waals surface area contributed by atoms with Crippen LogP contribution in [0.2, 0.25) is 0 Å². The summed E-state index contributed by atoms with van der Waals surface area (Å²) < 4.78 is 35.0. The highest BCUT2D eigenvalue weighted by atomic mass is 32.2. The highest BCUT2D eigenvalue weighted by Gasteiger charge is 2.42. The zero-order valence-corrected chi connectivity index (χ0v) is 12.1. The highest BCUT2D eigenvalue weighted by molar-refractivity contribution is 7.92. The van der Waals surface area contributed by atoms with E-state index in [1.807, 2.05) is 0 Å². The number of sulfone groups is 1. The Kier molecular flexibility index (Phi) is 4.71. The van der Waals surface area contributed by atoms with Crippen molar-refractivity contribution in [3.63, 3.8) is 0 Å². The molecular formula is C13H20FNO3S. The molecule has 0 amide bonds. The smallest absolute Gasteiger partial charge is 0.155 e. The molecule has 0 aromatic heterocycles. The van der Waals surface area contributed by atoms with E-state index in [0.717, 1.165) is 6.26 Å². The molecule has 0 aliphatic heterocycles. The maximum absolute atomic E-state index is 12.9. The Morgan fingerprint density at radius 2 is 1.79 bits per heavy atom. The zero-order valence-electron chi connectivity index (χ0n) is 11.3. The van der Waals surface area contributed by atoms with Crippen LogP contribution in [-0.4, -0.2) is 37.2 Å². The van der Waals surface area contributed by atoms with E-state index in [1.165, 1.54) is 38.1 Å². The van der Waals surface area contributed by atoms with Gasteiger partial charge in [-0.05, 0) is 31.5 Å². The predicted molar refractivity (Wildman–Crippen MR) is 73.1 cm³/mol. The summed E-state index contributed by atoms with van der Waals surface area (Å²) in [5.41, 5.74) is 6.25. The van der Waals surface area contributed by atoms with Crippen molar-refractivity contribution in [2.24, 2.45) is 5.73 Å². The van der Waals surface area contributed by atoms with Crippen LogP contribution in [0.15, 0.2) is 24.3 Å². The number of rotatable bonds is 5. The van der Waals surface area contributed by atoms with E-state index >= 15 is 0 Å². The van der Waals surface area contributed by atoms with Crippen molar-refractivity contribution in [2.45, 2.75) is 30.6 Å². The Labute approximate surface area is 113 Å². The fourth-order valence-corrected chi connectivity index (χ4v) is 2.46. The summed E-state index contributed by atoms with van der Waals surface area (Å²) >= 11 is 0. The number of hydrogen-bond acceptors (Lipinski definition) is 4. The van der Waals surface area contributed by atoms with Gasteiger partial charge in [0, 0.05) is 18.7 Å². The second kappa shape index (κ2) is 5.56. The van der Waals surface area contributed by atoms with Crippen molar-refractivity contribution in [1.29, 1.82) is 0 Å². The molecule has 108 valence electrons. The lowest BCUT2D eigenvalue weighted by molar-refractivity contribution is 0.110. The molecule has 0 bridgehead atoms. The maximum atomic E-state index is 12.9. The first-order chi connectivity index (χ1) is 8.61. The van der Waals surface area contributed by atoms with Gasteiger partial charge in [0.05, 0.1) is 10.9 Å². The van der Waals surface area contributed by atoms with E-state index in [-0.39, 0.29) is 6.54 Å². The summed E-state index contributed by atoms with van der Waals surface area (Å²) in [7, 11) is -3.45. The monoisotopic (exact) mass is 289 g/mol. The van der Waals surface area contributed by atoms with Gasteiger partial charge in [-0.3, -0.25) is 0 Å². The largest absolute Gasteiger partial charge is 0.391 e. The predicted octanol–water partition coefficient (Wildman–Crippen LogP) is 1.05. The molecule has 1 aromatic rings. The van der Waals surface area contributed by atoms with Gasteiger partial charge >= 0.3 is 0 Å². The standard InChI is InChI=1S/C13H20FNO3S/c1-13(2,19(3,17)18)12(16)11(8-15)9-4-6-10(14)7-5-9/h4-7,11-12,16H,8,15H2,1-3H3. The molecular weight excluding hydrogens is 269 g/mol. The van der Waals surface area contributed by atoms with Crippen LogP contribution in [0.1, 0.15) is 25.3 Å². The average Bonchev–Trinajstić information content (AvgIpc) is 2.30. The molecule has 1 rings (SSSR count). The van der Waals surface area contributed by atoms with Gasteiger partial charge in [-0.25, -0.2) is 12.8 Å². The van der Waals surface area contributed by atoms with Crippen LogP contribution >= 0.6 is 0 Å². The fraction of sp³-hybridized carbons (Fsp3) is 0.538. The van der Waals surface area contributed by atoms with Gasteiger partial charge in [0.15, 0.2) is 9.84 Å². The second-order valence-corrected chi connectivity index (χ2v) is 7.81. The lowest BCUT2D eigenvalue weighted by atomic mass is 9.87. The van der Waals surface area contributed by atoms with Crippen molar-refractivity contribution in [1.82, 2.24) is 0 Å². The first-order valence-electron chi connectivity index (χ1n) is 5.94. The second-order valence-electron chi connectivity index (χ2n) is 5.21. The van der Waals surface area contributed by atoms with Crippen molar-refractivity contribution in [3.8, 4) is 0 Å². The third-order valence-corrected chi connectivity index (χ3v) is 5.75. The summed E-state index contributed by atoms with van der Waals surface area (Å²) in [6.45, 7) is 2.99. The van der Waals surface area contributed by atoms with Crippen LogP contribution in [0, 0.1) is 5.82 Å². The zero-order chi connectivity index (χ0) is 14.8. The van der Waals surface area contributed by atoms with Gasteiger partial charge in [0.25, 0.3) is 0 Å². The number of hydrogen-bond donors (Lipinski definition) is 2. The Bertz CT molecular complexity index is 525. The van der Waals surface area contributed by atoms with Gasteiger partial charge in [0.2, 0.25) is 0 Å². The minimum atomic E-state index is -3.45. The van der Waals surface area contributed by atoms with E-state index in [9.17, 15) is 17.9 Å². The van der Waals surface area contributed by atoms with Gasteiger partial charge in [-0.1, -0.05) is 12.1 Å². The number of aliphatic hydroxyl groups excluding tert-OH is 1. The Morgan fingerprint density at radius 3 is 2.16 bits per heavy atom. The van der Waals surface area contributed by atoms with Crippen molar-refractivity contribution in [3.05, 3.63) is 35.6 Å². The van der Waals surface area contributed by atoms with Gasteiger partial charge in [-0.2, -0.15) is 0 Å². The quantitative estimate of drug-likeness (QED) is 0.849. The Balaban J connectivity index is 3.14. The van der Waals surface area contributed by atoms with Gasteiger partial charge < -0.3 is 10.8 Å². The third kappa shape index (κ3) is 3.32. The van der Waals surface area contributed by atoms with Crippen molar-refractivity contribution >= 4 is 9.84 Å². The van der Waals surface area contributed by atoms with Crippen LogP contribution < -0.4 is 5.73 Å². The van der Waals surface area contributed by atoms with Crippen molar-refractivity contribution < 1.29 is 17.9 Å². The molecule has 0 heterocycles. The van der Waals surface area contributed by atoms with Crippen molar-refractivity contribution in [2.75, 3.05) is 12.8 Å². The maximum Gasteiger partial charge on any atom is 0.155 e. The molecule has 0 spiro atoms. The lowest BCUT2D eigenvalue weighted by Gasteiger charge is -2.34. The first-order valence-corrected chi connectivity index (χ1v) is 7.83. The molecule has 2 unspecified atom stereocenters. The topological polar surface area (TPSA) is 80.4 Å². The van der Waals surface area contributed by atoms with Crippen LogP contribution in [0.25, 0.3) is 0 Å². The van der Waals surface area contributed by atoms with E-state index < -0.39 is 32.4 Å². The van der Waals surface area contributed by atoms with Crippen LogP contribution in [0.5, 0.6) is 0 Å². The molecule has 0 aliphatic carbocycles. The molecule has 19 heavy (non-hydrogen) atoms. The van der Waals surface area contributed by atoms with Crippen LogP contribution in [0.3, 0.4) is 0 Å². The lowest BCUT2D eigenvalue weighted by Crippen LogP contribution is -2.48. The summed E-state index contributed by atoms with van der Waals surface area (Å²) in [5.74, 6) is -0.957. The summed E-state index contributed by atoms with van der Waals surface area (Å²) in [5, 5.41) is 10.3. The number of halogens is 1. The fourth-order valence-electron chi connectivity index (χ4n) is 1.86. The molecule has 6 heteroatoms. The minimum Gasteiger partial charge on any atom is -0.391 e. The molecule has 3 N–H and O–H groups in total. The number of benzene rings is 1. The summed E-state index contributed by atoms with van der Waals surface area (Å²) in [4.78, 5) is 0. The molecule has 0 fully saturated rings. The average molecular weight is 289 g/mol. The Hall–Kier alpha value is -0.980. The van der Waals surface area contributed by atoms with Crippen LogP contribution in [0.4, 0.5) is 4.39 Å². The van der Waals surface area contributed by atoms with Gasteiger partial charge in [0.1, 0.15) is 5.82 Å². The molecule has 2 atom stereocenters. The first kappa shape index (κ1) is 16.1. The SMILES string of the molecule is CC(C)(C(O)C(CN)c1ccc(F)cc1)S(C)(=O)=O. The molecule has 1 aromatic carbocycles. The highest BCUT2D eigenvalue weighted by Crippen LogP contribution is 2.31. The minimum absolute atomic E-state index is 0.0751. The van der Waals surface area contributed by atoms with Crippen LogP contribution in [-0.2, 0) is 9.84 Å². The molecule has 0 aliphatic rings. The molecule has 4 nitrogen and oxygen atoms in total. The van der Waals surface area contributed by atoms with E-state index in [1.54, 1.807) is 0 Å². The van der Waals surface area contributed by atoms with E-state index in [0.29, 0.717) is 5.56 Å². The molecule has 0 saturated heterocycles. The Morgan fingerprint density at radius 1 is 1.32 bits per heavy atom. The normalized spacial score (nSPS) is 16.1. The number of aliphatic hydroxyl groups is 1. The van der Waals surface area contributed by atoms with Gasteiger partial charge in [-0.15, -0.1) is 0 Å². The third-order valence-electron chi connectivity index (χ3n) is 3.60. The number of nitrogens with two attached hydrogens (primary N) is 1. The molecule has 0 radical (unpaired) electrons.